The Labute approximate surface area is 89.4 Å². The summed E-state index contributed by atoms with van der Waals surface area (Å²) in [6, 6.07) is 0. The number of aldehydes is 1. The lowest BCUT2D eigenvalue weighted by Gasteiger charge is -2.32. The molecule has 1 aliphatic rings. The summed E-state index contributed by atoms with van der Waals surface area (Å²) >= 11 is 0. The van der Waals surface area contributed by atoms with E-state index in [0.717, 1.165) is 38.2 Å². The molecule has 0 amide bonds. The lowest BCUT2D eigenvalue weighted by atomic mass is 9.77. The zero-order chi connectivity index (χ0) is 11.3. The molecule has 0 aliphatic heterocycles. The number of hydrogen-bond donors (Lipinski definition) is 1. The Bertz CT molecular complexity index is 269. The second-order valence-corrected chi connectivity index (χ2v) is 4.28. The minimum absolute atomic E-state index is 0.194. The average molecular weight is 211 g/mol. The number of carboxylic acid groups (broad SMARTS) is 1. The summed E-state index contributed by atoms with van der Waals surface area (Å²) in [5, 5.41) is 8.51. The minimum Gasteiger partial charge on any atom is -0.477 e. The fourth-order valence-corrected chi connectivity index (χ4v) is 2.11. The highest BCUT2D eigenvalue weighted by Gasteiger charge is 2.34. The van der Waals surface area contributed by atoms with E-state index in [2.05, 4.69) is 4.99 Å². The second kappa shape index (κ2) is 5.05. The van der Waals surface area contributed by atoms with E-state index in [9.17, 15) is 9.59 Å². The number of aliphatic carboxylic acids is 1. The number of nitrogens with zero attached hydrogens (tertiary/aromatic N) is 1. The lowest BCUT2D eigenvalue weighted by molar-refractivity contribution is -0.128. The van der Waals surface area contributed by atoms with Crippen molar-refractivity contribution in [2.45, 2.75) is 44.6 Å². The first-order chi connectivity index (χ1) is 7.08. The molecule has 0 unspecified atom stereocenters. The molecule has 0 radical (unpaired) electrons. The van der Waals surface area contributed by atoms with E-state index >= 15 is 0 Å². The zero-order valence-corrected chi connectivity index (χ0v) is 8.98. The van der Waals surface area contributed by atoms with Crippen LogP contribution in [0, 0.1) is 5.92 Å². The van der Waals surface area contributed by atoms with Crippen molar-refractivity contribution in [1.29, 1.82) is 0 Å². The Morgan fingerprint density at radius 3 is 2.47 bits per heavy atom. The molecule has 0 aromatic rings. The number of carbonyl (C=O) groups excluding carboxylic acids is 1. The van der Waals surface area contributed by atoms with E-state index in [1.807, 2.05) is 0 Å². The van der Waals surface area contributed by atoms with Crippen LogP contribution in [0.3, 0.4) is 0 Å². The number of aliphatic imine (C=N–C) groups is 1. The third-order valence-corrected chi connectivity index (χ3v) is 3.12. The summed E-state index contributed by atoms with van der Waals surface area (Å²) in [5.74, 6) is -0.904. The van der Waals surface area contributed by atoms with Gasteiger partial charge in [-0.2, -0.15) is 0 Å². The van der Waals surface area contributed by atoms with Gasteiger partial charge in [-0.15, -0.1) is 0 Å². The Morgan fingerprint density at radius 2 is 2.00 bits per heavy atom. The molecule has 0 bridgehead atoms. The van der Waals surface area contributed by atoms with E-state index in [1.54, 1.807) is 6.92 Å². The fraction of sp³-hybridized carbons (Fsp3) is 0.727. The van der Waals surface area contributed by atoms with E-state index in [0.29, 0.717) is 0 Å². The van der Waals surface area contributed by atoms with Crippen LogP contribution in [0.2, 0.25) is 0 Å². The van der Waals surface area contributed by atoms with Crippen molar-refractivity contribution in [3.63, 3.8) is 0 Å². The topological polar surface area (TPSA) is 66.7 Å². The predicted molar refractivity (Wildman–Crippen MR) is 57.2 cm³/mol. The van der Waals surface area contributed by atoms with Gasteiger partial charge in [0.2, 0.25) is 0 Å². The zero-order valence-electron chi connectivity index (χ0n) is 8.98. The Kier molecular flexibility index (Phi) is 4.00. The van der Waals surface area contributed by atoms with Crippen molar-refractivity contribution < 1.29 is 14.7 Å². The standard InChI is InChI=1S/C11H17NO3/c1-11(8-13,12-7-10(14)15)9-5-3-2-4-6-9/h7-9H,2-6H2,1H3,(H,14,15)/t11-/m0/s1. The number of carboxylic acids is 1. The van der Waals surface area contributed by atoms with Crippen LogP contribution in [0.4, 0.5) is 0 Å². The van der Waals surface area contributed by atoms with Gasteiger partial charge in [-0.3, -0.25) is 4.99 Å². The molecule has 1 N–H and O–H groups in total. The van der Waals surface area contributed by atoms with Crippen molar-refractivity contribution in [1.82, 2.24) is 0 Å². The van der Waals surface area contributed by atoms with Gasteiger partial charge in [-0.05, 0) is 25.7 Å². The van der Waals surface area contributed by atoms with Crippen LogP contribution in [-0.4, -0.2) is 29.1 Å². The maximum atomic E-state index is 11.0. The van der Waals surface area contributed by atoms with Gasteiger partial charge in [0.15, 0.2) is 0 Å². The van der Waals surface area contributed by atoms with Crippen molar-refractivity contribution in [3.8, 4) is 0 Å². The van der Waals surface area contributed by atoms with Crippen molar-refractivity contribution in [2.24, 2.45) is 10.9 Å². The molecular weight excluding hydrogens is 194 g/mol. The van der Waals surface area contributed by atoms with Gasteiger partial charge in [-0.25, -0.2) is 4.79 Å². The summed E-state index contributed by atoms with van der Waals surface area (Å²) in [7, 11) is 0. The van der Waals surface area contributed by atoms with Gasteiger partial charge in [-0.1, -0.05) is 19.3 Å². The second-order valence-electron chi connectivity index (χ2n) is 4.28. The molecule has 1 saturated carbocycles. The van der Waals surface area contributed by atoms with Gasteiger partial charge in [0.25, 0.3) is 0 Å². The number of hydrogen-bond acceptors (Lipinski definition) is 3. The molecule has 0 spiro atoms. The fourth-order valence-electron chi connectivity index (χ4n) is 2.11. The van der Waals surface area contributed by atoms with Gasteiger partial charge in [0, 0.05) is 0 Å². The van der Waals surface area contributed by atoms with Crippen LogP contribution in [0.1, 0.15) is 39.0 Å². The molecule has 1 atom stereocenters. The third-order valence-electron chi connectivity index (χ3n) is 3.12. The molecule has 1 fully saturated rings. The van der Waals surface area contributed by atoms with Crippen LogP contribution in [0.25, 0.3) is 0 Å². The van der Waals surface area contributed by atoms with E-state index in [1.165, 1.54) is 6.42 Å². The van der Waals surface area contributed by atoms with Gasteiger partial charge in [0.05, 0.1) is 0 Å². The van der Waals surface area contributed by atoms with Gasteiger partial charge in [0.1, 0.15) is 18.0 Å². The molecule has 4 nitrogen and oxygen atoms in total. The molecule has 1 aliphatic carbocycles. The van der Waals surface area contributed by atoms with Gasteiger partial charge >= 0.3 is 5.97 Å². The lowest BCUT2D eigenvalue weighted by Crippen LogP contribution is -2.36. The smallest absolute Gasteiger partial charge is 0.346 e. The molecule has 0 aromatic carbocycles. The summed E-state index contributed by atoms with van der Waals surface area (Å²) < 4.78 is 0. The Hall–Kier alpha value is -1.19. The molecule has 1 rings (SSSR count). The van der Waals surface area contributed by atoms with Crippen LogP contribution in [0.5, 0.6) is 0 Å². The summed E-state index contributed by atoms with van der Waals surface area (Å²) in [6.07, 6.45) is 6.96. The first-order valence-electron chi connectivity index (χ1n) is 5.33. The third kappa shape index (κ3) is 3.15. The normalized spacial score (nSPS) is 22.5. The molecule has 15 heavy (non-hydrogen) atoms. The minimum atomic E-state index is -1.10. The first-order valence-corrected chi connectivity index (χ1v) is 5.33. The van der Waals surface area contributed by atoms with E-state index in [-0.39, 0.29) is 5.92 Å². The highest BCUT2D eigenvalue weighted by molar-refractivity contribution is 6.22. The van der Waals surface area contributed by atoms with Crippen molar-refractivity contribution in [2.75, 3.05) is 0 Å². The largest absolute Gasteiger partial charge is 0.477 e. The summed E-state index contributed by atoms with van der Waals surface area (Å²) in [6.45, 7) is 1.72. The summed E-state index contributed by atoms with van der Waals surface area (Å²) in [4.78, 5) is 25.3. The van der Waals surface area contributed by atoms with Crippen LogP contribution in [0.15, 0.2) is 4.99 Å². The highest BCUT2D eigenvalue weighted by Crippen LogP contribution is 2.33. The molecule has 0 aromatic heterocycles. The first kappa shape index (κ1) is 11.9. The van der Waals surface area contributed by atoms with Crippen LogP contribution >= 0.6 is 0 Å². The van der Waals surface area contributed by atoms with Crippen molar-refractivity contribution >= 4 is 18.5 Å². The Morgan fingerprint density at radius 1 is 1.40 bits per heavy atom. The maximum Gasteiger partial charge on any atom is 0.346 e. The SMILES string of the molecule is C[C@@](C=O)(N=CC(=O)O)C1CCCCC1. The monoisotopic (exact) mass is 211 g/mol. The molecule has 0 saturated heterocycles. The van der Waals surface area contributed by atoms with E-state index < -0.39 is 11.5 Å². The molecule has 84 valence electrons. The number of rotatable bonds is 4. The maximum absolute atomic E-state index is 11.0. The van der Waals surface area contributed by atoms with Gasteiger partial charge < -0.3 is 9.90 Å². The average Bonchev–Trinajstić information content (AvgIpc) is 2.27. The van der Waals surface area contributed by atoms with Crippen molar-refractivity contribution in [3.05, 3.63) is 0 Å². The van der Waals surface area contributed by atoms with Crippen LogP contribution in [-0.2, 0) is 9.59 Å². The quantitative estimate of drug-likeness (QED) is 0.568. The Balaban J connectivity index is 2.73. The highest BCUT2D eigenvalue weighted by atomic mass is 16.4. The number of carbonyl (C=O) groups is 2. The molecular formula is C11H17NO3. The molecule has 4 heteroatoms. The molecule has 0 heterocycles. The van der Waals surface area contributed by atoms with E-state index in [4.69, 9.17) is 5.11 Å². The predicted octanol–water partition coefficient (Wildman–Crippen LogP) is 1.68. The van der Waals surface area contributed by atoms with Crippen LogP contribution < -0.4 is 0 Å². The summed E-state index contributed by atoms with van der Waals surface area (Å²) in [5.41, 5.74) is -0.848.